The van der Waals surface area contributed by atoms with E-state index < -0.39 is 5.41 Å². The topological polar surface area (TPSA) is 89.1 Å². The Balaban J connectivity index is 1.44. The summed E-state index contributed by atoms with van der Waals surface area (Å²) in [6.07, 6.45) is 0. The molecule has 0 saturated carbocycles. The third-order valence-electron chi connectivity index (χ3n) is 5.75. The molecular formula is C23H25N3O5. The van der Waals surface area contributed by atoms with Crippen LogP contribution in [0.2, 0.25) is 0 Å². The number of benzene rings is 2. The molecule has 8 nitrogen and oxygen atoms in total. The zero-order valence-electron chi connectivity index (χ0n) is 17.8. The lowest BCUT2D eigenvalue weighted by Gasteiger charge is -2.24. The molecule has 2 aromatic rings. The van der Waals surface area contributed by atoms with Gasteiger partial charge in [0.15, 0.2) is 11.5 Å². The van der Waals surface area contributed by atoms with Crippen molar-refractivity contribution in [2.75, 3.05) is 31.4 Å². The van der Waals surface area contributed by atoms with Crippen LogP contribution in [0.25, 0.3) is 0 Å². The third kappa shape index (κ3) is 3.05. The summed E-state index contributed by atoms with van der Waals surface area (Å²) in [5, 5.41) is 5.70. The summed E-state index contributed by atoms with van der Waals surface area (Å²) in [7, 11) is 0. The number of carbonyl (C=O) groups is 2. The van der Waals surface area contributed by atoms with E-state index in [1.54, 1.807) is 11.0 Å². The van der Waals surface area contributed by atoms with E-state index in [-0.39, 0.29) is 30.9 Å². The van der Waals surface area contributed by atoms with Crippen molar-refractivity contribution < 1.29 is 23.8 Å². The number of fused-ring (bicyclic) bond motifs is 5. The molecule has 0 saturated heterocycles. The van der Waals surface area contributed by atoms with Gasteiger partial charge in [-0.1, -0.05) is 18.2 Å². The second kappa shape index (κ2) is 6.80. The Hall–Kier alpha value is -3.42. The molecule has 0 radical (unpaired) electrons. The van der Waals surface area contributed by atoms with E-state index in [2.05, 4.69) is 10.6 Å². The number of carbonyl (C=O) groups excluding carboxylic acids is 2. The van der Waals surface area contributed by atoms with Crippen LogP contribution in [0.5, 0.6) is 17.2 Å². The molecule has 1 unspecified atom stereocenters. The first-order valence-electron chi connectivity index (χ1n) is 10.3. The molecule has 1 atom stereocenters. The fraction of sp³-hybridized carbons (Fsp3) is 0.391. The van der Waals surface area contributed by atoms with Crippen LogP contribution in [0.15, 0.2) is 36.4 Å². The third-order valence-corrected chi connectivity index (χ3v) is 5.75. The molecule has 3 heterocycles. The van der Waals surface area contributed by atoms with Crippen molar-refractivity contribution in [3.8, 4) is 17.2 Å². The summed E-state index contributed by atoms with van der Waals surface area (Å²) in [5.74, 6) is 1.81. The standard InChI is InChI=1S/C23H25N3O5/c1-22(2,3)25-21(28)24-8-9-26-16-7-5-4-6-14(16)23(20(26)27)12-29-17-11-19-18(10-15(17)23)30-13-31-19/h4-7,10-11H,8-9,12-13H2,1-3H3,(H2,24,25,28). The number of anilines is 1. The number of hydrogen-bond acceptors (Lipinski definition) is 5. The van der Waals surface area contributed by atoms with Crippen LogP contribution in [0, 0.1) is 0 Å². The number of para-hydroxylation sites is 1. The van der Waals surface area contributed by atoms with Crippen molar-refractivity contribution in [3.63, 3.8) is 0 Å². The number of urea groups is 1. The van der Waals surface area contributed by atoms with Crippen LogP contribution in [-0.4, -0.2) is 44.0 Å². The molecule has 3 aliphatic rings. The molecule has 8 heteroatoms. The van der Waals surface area contributed by atoms with E-state index in [0.29, 0.717) is 30.3 Å². The molecule has 2 aromatic carbocycles. The number of rotatable bonds is 3. The first kappa shape index (κ1) is 19.5. The Morgan fingerprint density at radius 2 is 1.81 bits per heavy atom. The maximum atomic E-state index is 13.8. The summed E-state index contributed by atoms with van der Waals surface area (Å²) in [6, 6.07) is 11.1. The smallest absolute Gasteiger partial charge is 0.315 e. The number of nitrogens with zero attached hydrogens (tertiary/aromatic N) is 1. The molecule has 0 fully saturated rings. The van der Waals surface area contributed by atoms with Crippen LogP contribution in [-0.2, 0) is 10.2 Å². The van der Waals surface area contributed by atoms with Crippen LogP contribution in [0.3, 0.4) is 0 Å². The van der Waals surface area contributed by atoms with Gasteiger partial charge >= 0.3 is 6.03 Å². The van der Waals surface area contributed by atoms with Gasteiger partial charge in [-0.15, -0.1) is 0 Å². The van der Waals surface area contributed by atoms with Crippen molar-refractivity contribution in [3.05, 3.63) is 47.5 Å². The highest BCUT2D eigenvalue weighted by Crippen LogP contribution is 2.54. The van der Waals surface area contributed by atoms with E-state index in [0.717, 1.165) is 16.8 Å². The molecule has 3 amide bonds. The minimum atomic E-state index is -0.930. The minimum absolute atomic E-state index is 0.0654. The first-order chi connectivity index (χ1) is 14.8. The molecule has 3 aliphatic heterocycles. The molecule has 1 spiro atoms. The number of nitrogens with one attached hydrogen (secondary N) is 2. The summed E-state index contributed by atoms with van der Waals surface area (Å²) >= 11 is 0. The van der Waals surface area contributed by atoms with Crippen molar-refractivity contribution in [1.82, 2.24) is 10.6 Å². The van der Waals surface area contributed by atoms with Crippen LogP contribution >= 0.6 is 0 Å². The van der Waals surface area contributed by atoms with Crippen molar-refractivity contribution in [1.29, 1.82) is 0 Å². The fourth-order valence-electron chi connectivity index (χ4n) is 4.45. The van der Waals surface area contributed by atoms with Gasteiger partial charge < -0.3 is 29.7 Å². The largest absolute Gasteiger partial charge is 0.491 e. The summed E-state index contributed by atoms with van der Waals surface area (Å²) in [6.45, 7) is 6.81. The average Bonchev–Trinajstić information content (AvgIpc) is 3.37. The zero-order chi connectivity index (χ0) is 21.8. The fourth-order valence-corrected chi connectivity index (χ4v) is 4.45. The molecule has 0 bridgehead atoms. The van der Waals surface area contributed by atoms with Gasteiger partial charge in [-0.05, 0) is 38.5 Å². The number of hydrogen-bond donors (Lipinski definition) is 2. The highest BCUT2D eigenvalue weighted by Gasteiger charge is 2.57. The molecular weight excluding hydrogens is 398 g/mol. The van der Waals surface area contributed by atoms with Gasteiger partial charge in [0, 0.05) is 35.9 Å². The van der Waals surface area contributed by atoms with Crippen LogP contribution < -0.4 is 29.7 Å². The Kier molecular flexibility index (Phi) is 4.28. The van der Waals surface area contributed by atoms with E-state index >= 15 is 0 Å². The minimum Gasteiger partial charge on any atom is -0.491 e. The molecule has 0 aromatic heterocycles. The molecule has 5 rings (SSSR count). The molecule has 2 N–H and O–H groups in total. The maximum Gasteiger partial charge on any atom is 0.315 e. The lowest BCUT2D eigenvalue weighted by molar-refractivity contribution is -0.122. The number of amides is 3. The Morgan fingerprint density at radius 3 is 2.58 bits per heavy atom. The lowest BCUT2D eigenvalue weighted by Crippen LogP contribution is -2.49. The van der Waals surface area contributed by atoms with Crippen molar-refractivity contribution >= 4 is 17.6 Å². The lowest BCUT2D eigenvalue weighted by atomic mass is 9.77. The first-order valence-corrected chi connectivity index (χ1v) is 10.3. The van der Waals surface area contributed by atoms with Crippen LogP contribution in [0.4, 0.5) is 10.5 Å². The van der Waals surface area contributed by atoms with Crippen molar-refractivity contribution in [2.45, 2.75) is 31.7 Å². The van der Waals surface area contributed by atoms with Gasteiger partial charge in [0.1, 0.15) is 17.8 Å². The van der Waals surface area contributed by atoms with Gasteiger partial charge in [0.2, 0.25) is 12.7 Å². The second-order valence-electron chi connectivity index (χ2n) is 9.00. The highest BCUT2D eigenvalue weighted by atomic mass is 16.7. The van der Waals surface area contributed by atoms with Gasteiger partial charge in [-0.3, -0.25) is 4.79 Å². The van der Waals surface area contributed by atoms with E-state index in [4.69, 9.17) is 14.2 Å². The molecule has 31 heavy (non-hydrogen) atoms. The predicted octanol–water partition coefficient (Wildman–Crippen LogP) is 2.54. The maximum absolute atomic E-state index is 13.8. The Bertz CT molecular complexity index is 1080. The zero-order valence-corrected chi connectivity index (χ0v) is 17.8. The quantitative estimate of drug-likeness (QED) is 0.792. The van der Waals surface area contributed by atoms with Gasteiger partial charge in [-0.2, -0.15) is 0 Å². The average molecular weight is 423 g/mol. The molecule has 0 aliphatic carbocycles. The normalized spacial score (nSPS) is 20.5. The SMILES string of the molecule is CC(C)(C)NC(=O)NCCN1C(=O)C2(COc3cc4c(cc32)OCO4)c2ccccc21. The Labute approximate surface area is 180 Å². The molecule has 162 valence electrons. The van der Waals surface area contributed by atoms with Crippen molar-refractivity contribution in [2.24, 2.45) is 0 Å². The Morgan fingerprint density at radius 1 is 1.06 bits per heavy atom. The van der Waals surface area contributed by atoms with E-state index in [1.165, 1.54) is 0 Å². The monoisotopic (exact) mass is 423 g/mol. The second-order valence-corrected chi connectivity index (χ2v) is 9.00. The number of ether oxygens (including phenoxy) is 3. The van der Waals surface area contributed by atoms with E-state index in [9.17, 15) is 9.59 Å². The predicted molar refractivity (Wildman–Crippen MR) is 114 cm³/mol. The summed E-state index contributed by atoms with van der Waals surface area (Å²) in [5.41, 5.74) is 1.26. The summed E-state index contributed by atoms with van der Waals surface area (Å²) < 4.78 is 17.0. The highest BCUT2D eigenvalue weighted by molar-refractivity contribution is 6.11. The van der Waals surface area contributed by atoms with Gasteiger partial charge in [-0.25, -0.2) is 4.79 Å². The van der Waals surface area contributed by atoms with E-state index in [1.807, 2.05) is 51.1 Å². The van der Waals surface area contributed by atoms with Gasteiger partial charge in [0.05, 0.1) is 0 Å². The van der Waals surface area contributed by atoms with Gasteiger partial charge in [0.25, 0.3) is 0 Å². The van der Waals surface area contributed by atoms with Crippen LogP contribution in [0.1, 0.15) is 31.9 Å². The summed E-state index contributed by atoms with van der Waals surface area (Å²) in [4.78, 5) is 27.6.